The molecule has 0 aliphatic carbocycles. The van der Waals surface area contributed by atoms with Gasteiger partial charge in [0.15, 0.2) is 5.84 Å². The van der Waals surface area contributed by atoms with Crippen LogP contribution in [0.5, 0.6) is 0 Å². The molecule has 0 saturated carbocycles. The van der Waals surface area contributed by atoms with E-state index >= 15 is 0 Å². The van der Waals surface area contributed by atoms with E-state index in [9.17, 15) is 4.79 Å². The van der Waals surface area contributed by atoms with Gasteiger partial charge >= 0.3 is 0 Å². The number of piperazine rings is 1. The zero-order valence-electron chi connectivity index (χ0n) is 4.72. The molecule has 1 fully saturated rings. The lowest BCUT2D eigenvalue weighted by molar-refractivity contribution is -0.119. The zero-order valence-corrected chi connectivity index (χ0v) is 4.72. The van der Waals surface area contributed by atoms with E-state index in [4.69, 9.17) is 5.21 Å². The van der Waals surface area contributed by atoms with Crippen LogP contribution in [-0.4, -0.2) is 30.0 Å². The smallest absolute Gasteiger partial charge is 0.239 e. The number of oxime groups is 1. The topological polar surface area (TPSA) is 73.7 Å². The summed E-state index contributed by atoms with van der Waals surface area (Å²) in [4.78, 5) is 10.5. The first kappa shape index (κ1) is 6.03. The van der Waals surface area contributed by atoms with Gasteiger partial charge in [0.1, 0.15) is 0 Å². The minimum Gasteiger partial charge on any atom is -0.409 e. The van der Waals surface area contributed by atoms with E-state index in [1.165, 1.54) is 0 Å². The Labute approximate surface area is 51.7 Å². The van der Waals surface area contributed by atoms with E-state index in [0.29, 0.717) is 13.1 Å². The molecule has 1 heterocycles. The van der Waals surface area contributed by atoms with Crippen LogP contribution < -0.4 is 10.6 Å². The van der Waals surface area contributed by atoms with Gasteiger partial charge in [-0.25, -0.2) is 0 Å². The highest BCUT2D eigenvalue weighted by Gasteiger charge is 2.11. The number of rotatable bonds is 0. The van der Waals surface area contributed by atoms with Crippen molar-refractivity contribution in [3.8, 4) is 0 Å². The van der Waals surface area contributed by atoms with Crippen LogP contribution in [0.4, 0.5) is 0 Å². The molecule has 3 N–H and O–H groups in total. The molecule has 1 saturated heterocycles. The Bertz CT molecular complexity index is 154. The molecule has 0 atom stereocenters. The molecule has 0 aromatic heterocycles. The van der Waals surface area contributed by atoms with Crippen molar-refractivity contribution in [1.29, 1.82) is 0 Å². The van der Waals surface area contributed by atoms with Gasteiger partial charge in [-0.05, 0) is 0 Å². The minimum absolute atomic E-state index is 0.172. The predicted molar refractivity (Wildman–Crippen MR) is 30.2 cm³/mol. The van der Waals surface area contributed by atoms with E-state index in [2.05, 4.69) is 15.8 Å². The van der Waals surface area contributed by atoms with Crippen molar-refractivity contribution in [2.24, 2.45) is 5.16 Å². The van der Waals surface area contributed by atoms with Gasteiger partial charge in [-0.3, -0.25) is 4.79 Å². The van der Waals surface area contributed by atoms with Crippen LogP contribution in [0.15, 0.2) is 5.16 Å². The predicted octanol–water partition coefficient (Wildman–Crippen LogP) is -1.51. The first-order chi connectivity index (χ1) is 4.33. The Balaban J connectivity index is 2.51. The molecule has 0 radical (unpaired) electrons. The van der Waals surface area contributed by atoms with Crippen LogP contribution in [0, 0.1) is 0 Å². The van der Waals surface area contributed by atoms with Gasteiger partial charge in [0.2, 0.25) is 5.91 Å². The lowest BCUT2D eigenvalue weighted by Crippen LogP contribution is -2.49. The second kappa shape index (κ2) is 2.45. The van der Waals surface area contributed by atoms with Crippen molar-refractivity contribution in [2.75, 3.05) is 13.1 Å². The molecule has 50 valence electrons. The van der Waals surface area contributed by atoms with E-state index in [-0.39, 0.29) is 11.7 Å². The number of hydrogen-bond donors (Lipinski definition) is 3. The molecule has 0 aromatic carbocycles. The molecule has 0 spiro atoms. The molecule has 5 nitrogen and oxygen atoms in total. The maximum atomic E-state index is 10.5. The number of amides is 1. The van der Waals surface area contributed by atoms with Gasteiger partial charge < -0.3 is 15.8 Å². The third-order valence-corrected chi connectivity index (χ3v) is 0.982. The van der Waals surface area contributed by atoms with Crippen molar-refractivity contribution in [2.45, 2.75) is 0 Å². The van der Waals surface area contributed by atoms with Crippen LogP contribution in [0.2, 0.25) is 0 Å². The van der Waals surface area contributed by atoms with Gasteiger partial charge in [-0.2, -0.15) is 0 Å². The van der Waals surface area contributed by atoms with Gasteiger partial charge in [-0.1, -0.05) is 5.16 Å². The van der Waals surface area contributed by atoms with Gasteiger partial charge in [0, 0.05) is 0 Å². The summed E-state index contributed by atoms with van der Waals surface area (Å²) in [6, 6.07) is 0. The normalized spacial score (nSPS) is 24.0. The maximum absolute atomic E-state index is 10.5. The summed E-state index contributed by atoms with van der Waals surface area (Å²) in [5, 5.41) is 16.1. The number of carbonyl (C=O) groups is 1. The molecule has 0 aromatic rings. The zero-order chi connectivity index (χ0) is 6.69. The Morgan fingerprint density at radius 3 is 2.78 bits per heavy atom. The fourth-order valence-electron chi connectivity index (χ4n) is 0.604. The number of amidine groups is 1. The van der Waals surface area contributed by atoms with Crippen LogP contribution in [0.25, 0.3) is 0 Å². The van der Waals surface area contributed by atoms with Crippen molar-refractivity contribution in [1.82, 2.24) is 10.6 Å². The van der Waals surface area contributed by atoms with Crippen LogP contribution >= 0.6 is 0 Å². The monoisotopic (exact) mass is 129 g/mol. The van der Waals surface area contributed by atoms with Crippen molar-refractivity contribution < 1.29 is 10.0 Å². The van der Waals surface area contributed by atoms with Crippen LogP contribution in [-0.2, 0) is 4.79 Å². The standard InChI is InChI=1S/C4H7N3O2/c8-4-2-5-1-3(6-4)7-9/h5,9H,1-2H2,(H,6,7,8). The molecule has 1 rings (SSSR count). The van der Waals surface area contributed by atoms with Crippen LogP contribution in [0.3, 0.4) is 0 Å². The minimum atomic E-state index is -0.172. The first-order valence-corrected chi connectivity index (χ1v) is 2.54. The van der Waals surface area contributed by atoms with Crippen molar-refractivity contribution >= 4 is 11.7 Å². The molecular formula is C4H7N3O2. The average Bonchev–Trinajstić information content (AvgIpc) is 1.88. The largest absolute Gasteiger partial charge is 0.409 e. The maximum Gasteiger partial charge on any atom is 0.239 e. The van der Waals surface area contributed by atoms with Gasteiger partial charge in [0.05, 0.1) is 13.1 Å². The summed E-state index contributed by atoms with van der Waals surface area (Å²) >= 11 is 0. The first-order valence-electron chi connectivity index (χ1n) is 2.54. The number of nitrogens with one attached hydrogen (secondary N) is 2. The fraction of sp³-hybridized carbons (Fsp3) is 0.500. The molecule has 0 bridgehead atoms. The van der Waals surface area contributed by atoms with Crippen molar-refractivity contribution in [3.05, 3.63) is 0 Å². The number of carbonyl (C=O) groups excluding carboxylic acids is 1. The quantitative estimate of drug-likeness (QED) is 0.275. The Morgan fingerprint density at radius 1 is 1.56 bits per heavy atom. The van der Waals surface area contributed by atoms with Crippen LogP contribution in [0.1, 0.15) is 0 Å². The van der Waals surface area contributed by atoms with Gasteiger partial charge in [0.25, 0.3) is 0 Å². The van der Waals surface area contributed by atoms with E-state index in [0.717, 1.165) is 0 Å². The lowest BCUT2D eigenvalue weighted by Gasteiger charge is -2.12. The summed E-state index contributed by atoms with van der Waals surface area (Å²) in [5.41, 5.74) is 0. The second-order valence-electron chi connectivity index (χ2n) is 1.70. The summed E-state index contributed by atoms with van der Waals surface area (Å²) in [7, 11) is 0. The summed E-state index contributed by atoms with van der Waals surface area (Å²) in [5.74, 6) is 0.0975. The highest BCUT2D eigenvalue weighted by atomic mass is 16.4. The number of nitrogens with zero attached hydrogens (tertiary/aromatic N) is 1. The molecule has 1 aliphatic heterocycles. The fourth-order valence-corrected chi connectivity index (χ4v) is 0.604. The van der Waals surface area contributed by atoms with Gasteiger partial charge in [-0.15, -0.1) is 0 Å². The van der Waals surface area contributed by atoms with Crippen molar-refractivity contribution in [3.63, 3.8) is 0 Å². The average molecular weight is 129 g/mol. The third-order valence-electron chi connectivity index (χ3n) is 0.982. The van der Waals surface area contributed by atoms with E-state index in [1.54, 1.807) is 0 Å². The number of hydrogen-bond acceptors (Lipinski definition) is 4. The highest BCUT2D eigenvalue weighted by molar-refractivity contribution is 6.01. The second-order valence-corrected chi connectivity index (χ2v) is 1.70. The molecule has 0 unspecified atom stereocenters. The summed E-state index contributed by atoms with van der Waals surface area (Å²) in [6.45, 7) is 0.710. The molecule has 1 amide bonds. The Kier molecular flexibility index (Phi) is 1.64. The van der Waals surface area contributed by atoms with E-state index in [1.807, 2.05) is 0 Å². The summed E-state index contributed by atoms with van der Waals surface area (Å²) in [6.07, 6.45) is 0. The SMILES string of the molecule is O=C1CNC/C(=N/O)N1. The molecule has 5 heteroatoms. The lowest BCUT2D eigenvalue weighted by atomic mass is 10.4. The molecule has 1 aliphatic rings. The molecule has 9 heavy (non-hydrogen) atoms. The molecular weight excluding hydrogens is 122 g/mol. The Hall–Kier alpha value is -1.10. The summed E-state index contributed by atoms with van der Waals surface area (Å²) < 4.78 is 0. The highest BCUT2D eigenvalue weighted by Crippen LogP contribution is 1.77. The third kappa shape index (κ3) is 1.39. The Morgan fingerprint density at radius 2 is 2.33 bits per heavy atom. The van der Waals surface area contributed by atoms with E-state index < -0.39 is 0 Å².